The van der Waals surface area contributed by atoms with Crippen molar-refractivity contribution in [2.75, 3.05) is 13.2 Å². The van der Waals surface area contributed by atoms with Gasteiger partial charge in [-0.15, -0.1) is 0 Å². The molecule has 1 heterocycles. The highest BCUT2D eigenvalue weighted by Gasteiger charge is 2.44. The molecular weight excluding hydrogens is 1040 g/mol. The number of aliphatic hydroxyl groups is 5. The molecule has 6 N–H and O–H groups in total. The molecule has 0 spiro atoms. The number of nitrogens with one attached hydrogen (secondary N) is 1. The van der Waals surface area contributed by atoms with Crippen molar-refractivity contribution in [2.24, 2.45) is 0 Å². The second-order valence-electron chi connectivity index (χ2n) is 24.6. The predicted octanol–water partition coefficient (Wildman–Crippen LogP) is 19.7. The Morgan fingerprint density at radius 1 is 0.417 bits per heavy atom. The Morgan fingerprint density at radius 3 is 1.14 bits per heavy atom. The highest BCUT2D eigenvalue weighted by atomic mass is 16.7. The summed E-state index contributed by atoms with van der Waals surface area (Å²) in [7, 11) is 0. The third-order valence-electron chi connectivity index (χ3n) is 16.7. The van der Waals surface area contributed by atoms with Gasteiger partial charge in [0.1, 0.15) is 24.4 Å². The van der Waals surface area contributed by atoms with E-state index in [1.54, 1.807) is 6.08 Å². The predicted molar refractivity (Wildman–Crippen MR) is 359 cm³/mol. The van der Waals surface area contributed by atoms with Crippen molar-refractivity contribution in [2.45, 2.75) is 371 Å². The normalized spacial score (nSPS) is 18.7. The van der Waals surface area contributed by atoms with E-state index < -0.39 is 49.5 Å². The van der Waals surface area contributed by atoms with Crippen molar-refractivity contribution in [3.8, 4) is 0 Å². The van der Waals surface area contributed by atoms with Crippen molar-refractivity contribution in [3.05, 3.63) is 85.1 Å². The van der Waals surface area contributed by atoms with E-state index in [1.807, 2.05) is 6.08 Å². The van der Waals surface area contributed by atoms with E-state index in [-0.39, 0.29) is 12.5 Å². The summed E-state index contributed by atoms with van der Waals surface area (Å²) in [6.07, 6.45) is 84.1. The van der Waals surface area contributed by atoms with E-state index in [2.05, 4.69) is 92.1 Å². The Hall–Kier alpha value is -2.63. The molecule has 0 aromatic carbocycles. The Bertz CT molecular complexity index is 1600. The van der Waals surface area contributed by atoms with Crippen LogP contribution in [0.4, 0.5) is 0 Å². The average molecular weight is 1180 g/mol. The number of carbonyl (C=O) groups excluding carboxylic acids is 1. The molecule has 84 heavy (non-hydrogen) atoms. The van der Waals surface area contributed by atoms with Gasteiger partial charge in [0, 0.05) is 6.42 Å². The molecule has 0 aromatic heterocycles. The number of hydrogen-bond acceptors (Lipinski definition) is 8. The van der Waals surface area contributed by atoms with Crippen molar-refractivity contribution in [1.82, 2.24) is 5.32 Å². The van der Waals surface area contributed by atoms with Crippen LogP contribution in [0.1, 0.15) is 328 Å². The number of carbonyl (C=O) groups is 1. The van der Waals surface area contributed by atoms with Gasteiger partial charge in [-0.3, -0.25) is 4.79 Å². The Labute approximate surface area is 518 Å². The summed E-state index contributed by atoms with van der Waals surface area (Å²) in [4.78, 5) is 13.1. The lowest BCUT2D eigenvalue weighted by molar-refractivity contribution is -0.302. The van der Waals surface area contributed by atoms with Gasteiger partial charge in [-0.2, -0.15) is 0 Å². The minimum Gasteiger partial charge on any atom is -0.394 e. The second-order valence-corrected chi connectivity index (χ2v) is 24.6. The van der Waals surface area contributed by atoms with Crippen LogP contribution in [0.15, 0.2) is 85.1 Å². The highest BCUT2D eigenvalue weighted by molar-refractivity contribution is 5.76. The van der Waals surface area contributed by atoms with Crippen LogP contribution in [0.5, 0.6) is 0 Å². The van der Waals surface area contributed by atoms with E-state index in [0.29, 0.717) is 6.42 Å². The third-order valence-corrected chi connectivity index (χ3v) is 16.7. The van der Waals surface area contributed by atoms with Crippen LogP contribution in [-0.4, -0.2) is 87.5 Å². The van der Waals surface area contributed by atoms with Gasteiger partial charge in [0.05, 0.1) is 25.4 Å². The molecule has 7 atom stereocenters. The second kappa shape index (κ2) is 63.4. The molecule has 0 aromatic rings. The zero-order valence-corrected chi connectivity index (χ0v) is 54.6. The smallest absolute Gasteiger partial charge is 0.220 e. The molecule has 9 nitrogen and oxygen atoms in total. The molecule has 9 heteroatoms. The third kappa shape index (κ3) is 51.4. The van der Waals surface area contributed by atoms with Crippen molar-refractivity contribution >= 4 is 5.91 Å². The molecule has 0 aliphatic carbocycles. The van der Waals surface area contributed by atoms with E-state index in [9.17, 15) is 30.3 Å². The molecule has 1 aliphatic heterocycles. The first-order valence-corrected chi connectivity index (χ1v) is 35.8. The Morgan fingerprint density at radius 2 is 0.750 bits per heavy atom. The van der Waals surface area contributed by atoms with Gasteiger partial charge < -0.3 is 40.3 Å². The molecule has 1 saturated heterocycles. The van der Waals surface area contributed by atoms with Gasteiger partial charge in [0.2, 0.25) is 5.91 Å². The van der Waals surface area contributed by atoms with Crippen LogP contribution in [0, 0.1) is 0 Å². The maximum Gasteiger partial charge on any atom is 0.220 e. The number of hydrogen-bond donors (Lipinski definition) is 6. The molecule has 0 bridgehead atoms. The van der Waals surface area contributed by atoms with Gasteiger partial charge in [-0.05, 0) is 77.0 Å². The van der Waals surface area contributed by atoms with Gasteiger partial charge in [-0.25, -0.2) is 0 Å². The van der Waals surface area contributed by atoms with Crippen LogP contribution in [0.2, 0.25) is 0 Å². The van der Waals surface area contributed by atoms with Gasteiger partial charge in [0.25, 0.3) is 0 Å². The number of amides is 1. The summed E-state index contributed by atoms with van der Waals surface area (Å²) >= 11 is 0. The van der Waals surface area contributed by atoms with E-state index >= 15 is 0 Å². The summed E-state index contributed by atoms with van der Waals surface area (Å²) in [5.41, 5.74) is 0. The monoisotopic (exact) mass is 1180 g/mol. The molecule has 0 radical (unpaired) electrons. The van der Waals surface area contributed by atoms with E-state index in [1.165, 1.54) is 238 Å². The first-order valence-electron chi connectivity index (χ1n) is 35.8. The van der Waals surface area contributed by atoms with Crippen LogP contribution in [0.25, 0.3) is 0 Å². The SMILES string of the molecule is CC/C=C\C/C=C\C/C=C\C/C=C\C/C=C\CCCCCCCCCCCCCCCCCCCCCCCC(=O)NC(COC1OC(CO)C(O)C(O)C1O)C(O)/C=C/CC/C=C/CCCCCCCCCCCCCCCCCCCC. The number of ether oxygens (including phenoxy) is 2. The van der Waals surface area contributed by atoms with E-state index in [4.69, 9.17) is 9.47 Å². The summed E-state index contributed by atoms with van der Waals surface area (Å²) in [5.74, 6) is -0.182. The molecule has 1 amide bonds. The molecule has 0 saturated carbocycles. The van der Waals surface area contributed by atoms with Crippen molar-refractivity contribution < 1.29 is 39.8 Å². The fourth-order valence-corrected chi connectivity index (χ4v) is 11.1. The molecule has 1 rings (SSSR count). The molecule has 1 fully saturated rings. The summed E-state index contributed by atoms with van der Waals surface area (Å²) in [6.45, 7) is 3.69. The average Bonchev–Trinajstić information content (AvgIpc) is 3.70. The molecule has 7 unspecified atom stereocenters. The maximum atomic E-state index is 13.1. The highest BCUT2D eigenvalue weighted by Crippen LogP contribution is 2.23. The molecule has 1 aliphatic rings. The lowest BCUT2D eigenvalue weighted by Crippen LogP contribution is -2.60. The summed E-state index contributed by atoms with van der Waals surface area (Å²) in [6, 6.07) is -0.825. The van der Waals surface area contributed by atoms with Crippen LogP contribution in [0.3, 0.4) is 0 Å². The fraction of sp³-hybridized carbons (Fsp3) is 0.800. The van der Waals surface area contributed by atoms with Crippen molar-refractivity contribution in [3.63, 3.8) is 0 Å². The first-order chi connectivity index (χ1) is 41.3. The Balaban J connectivity index is 2.11. The van der Waals surface area contributed by atoms with Gasteiger partial charge >= 0.3 is 0 Å². The minimum atomic E-state index is -1.57. The van der Waals surface area contributed by atoms with E-state index in [0.717, 1.165) is 70.6 Å². The minimum absolute atomic E-state index is 0.182. The molecule has 488 valence electrons. The number of unbranched alkanes of at least 4 members (excludes halogenated alkanes) is 40. The van der Waals surface area contributed by atoms with Crippen molar-refractivity contribution in [1.29, 1.82) is 0 Å². The van der Waals surface area contributed by atoms with Crippen LogP contribution in [-0.2, 0) is 14.3 Å². The molecular formula is C75H135NO8. The lowest BCUT2D eigenvalue weighted by Gasteiger charge is -2.40. The largest absolute Gasteiger partial charge is 0.394 e. The summed E-state index contributed by atoms with van der Waals surface area (Å²) in [5, 5.41) is 54.7. The Kier molecular flexibility index (Phi) is 59.9. The number of aliphatic hydroxyl groups excluding tert-OH is 5. The van der Waals surface area contributed by atoms with Crippen LogP contribution >= 0.6 is 0 Å². The summed E-state index contributed by atoms with van der Waals surface area (Å²) < 4.78 is 11.3. The number of rotatable bonds is 62. The fourth-order valence-electron chi connectivity index (χ4n) is 11.1. The number of allylic oxidation sites excluding steroid dienone is 13. The van der Waals surface area contributed by atoms with Crippen LogP contribution < -0.4 is 5.32 Å². The first kappa shape index (κ1) is 79.4. The standard InChI is InChI=1S/C75H135NO8/c1-3-5-7-9-11-13-15-17-19-21-23-25-27-29-30-31-32-33-34-35-36-37-38-39-40-41-43-45-47-49-51-53-55-57-59-61-63-65-71(79)76-68(67-83-75-74(82)73(81)72(80)70(66-77)84-75)69(78)64-62-60-58-56-54-52-50-48-46-44-42-28-26-24-22-20-18-16-14-12-10-8-6-4-2/h5,7,11,13,17,19,23,25,29-30,54,56,62,64,68-70,72-75,77-78,80-82H,3-4,6,8-10,12,14-16,18,20-22,24,26-28,31-53,55,57-61,63,65-67H2,1-2H3,(H,76,79)/b7-5-,13-11-,19-17-,25-23-,30-29-,56-54+,64-62+. The lowest BCUT2D eigenvalue weighted by atomic mass is 9.99. The zero-order valence-electron chi connectivity index (χ0n) is 54.6. The zero-order chi connectivity index (χ0) is 60.7. The van der Waals surface area contributed by atoms with Gasteiger partial charge in [0.15, 0.2) is 6.29 Å². The van der Waals surface area contributed by atoms with Gasteiger partial charge in [-0.1, -0.05) is 330 Å². The quantitative estimate of drug-likeness (QED) is 0.0261. The topological polar surface area (TPSA) is 149 Å². The maximum absolute atomic E-state index is 13.1.